The zero-order valence-electron chi connectivity index (χ0n) is 16.2. The molecule has 26 heavy (non-hydrogen) atoms. The summed E-state index contributed by atoms with van der Waals surface area (Å²) in [6, 6.07) is 6.06. The molecule has 1 aliphatic carbocycles. The van der Waals surface area contributed by atoms with Gasteiger partial charge in [0.15, 0.2) is 17.5 Å². The Bertz CT molecular complexity index is 617. The minimum atomic E-state index is 0. The molecule has 0 amide bonds. The van der Waals surface area contributed by atoms with Crippen molar-refractivity contribution in [1.82, 2.24) is 10.2 Å². The molecule has 0 atom stereocenters. The van der Waals surface area contributed by atoms with Crippen molar-refractivity contribution in [2.24, 2.45) is 10.4 Å². The summed E-state index contributed by atoms with van der Waals surface area (Å²) in [5.41, 5.74) is 1.71. The third kappa shape index (κ3) is 4.75. The van der Waals surface area contributed by atoms with Crippen LogP contribution in [0.15, 0.2) is 23.2 Å². The van der Waals surface area contributed by atoms with Gasteiger partial charge in [-0.2, -0.15) is 0 Å². The Labute approximate surface area is 174 Å². The van der Waals surface area contributed by atoms with E-state index in [1.165, 1.54) is 25.7 Å². The highest BCUT2D eigenvalue weighted by Gasteiger charge is 2.43. The van der Waals surface area contributed by atoms with Crippen molar-refractivity contribution in [3.8, 4) is 11.5 Å². The van der Waals surface area contributed by atoms with E-state index in [-0.39, 0.29) is 24.0 Å². The molecule has 0 aromatic heterocycles. The van der Waals surface area contributed by atoms with Crippen LogP contribution >= 0.6 is 24.0 Å². The number of likely N-dealkylation sites (tertiary alicyclic amines) is 1. The van der Waals surface area contributed by atoms with Crippen LogP contribution in [0.25, 0.3) is 0 Å². The monoisotopic (exact) mass is 473 g/mol. The van der Waals surface area contributed by atoms with Gasteiger partial charge < -0.3 is 19.7 Å². The molecule has 2 aliphatic rings. The average Bonchev–Trinajstić information content (AvgIpc) is 3.05. The van der Waals surface area contributed by atoms with E-state index in [2.05, 4.69) is 23.2 Å². The van der Waals surface area contributed by atoms with E-state index in [1.54, 1.807) is 7.11 Å². The van der Waals surface area contributed by atoms with Gasteiger partial charge in [0.05, 0.1) is 20.3 Å². The van der Waals surface area contributed by atoms with Crippen molar-refractivity contribution in [2.75, 3.05) is 33.4 Å². The largest absolute Gasteiger partial charge is 0.493 e. The van der Waals surface area contributed by atoms with Crippen molar-refractivity contribution in [2.45, 2.75) is 46.1 Å². The Morgan fingerprint density at radius 1 is 1.23 bits per heavy atom. The van der Waals surface area contributed by atoms with E-state index in [0.717, 1.165) is 42.7 Å². The Kier molecular flexibility index (Phi) is 7.85. The second kappa shape index (κ2) is 9.67. The zero-order valence-corrected chi connectivity index (χ0v) is 18.5. The molecule has 1 aromatic rings. The quantitative estimate of drug-likeness (QED) is 0.385. The number of ether oxygens (including phenoxy) is 2. The number of rotatable bonds is 6. The van der Waals surface area contributed by atoms with Crippen molar-refractivity contribution < 1.29 is 9.47 Å². The van der Waals surface area contributed by atoms with Gasteiger partial charge in [0, 0.05) is 19.6 Å². The molecule has 6 heteroatoms. The second-order valence-corrected chi connectivity index (χ2v) is 7.11. The fourth-order valence-electron chi connectivity index (χ4n) is 3.88. The van der Waals surface area contributed by atoms with Gasteiger partial charge in [-0.1, -0.05) is 12.5 Å². The number of methoxy groups -OCH3 is 1. The number of nitrogens with zero attached hydrogens (tertiary/aromatic N) is 2. The molecule has 1 saturated carbocycles. The SMILES string of the molecule is CCNC(=NCc1ccc(OCC)c(OC)c1)N1CCC2(CCC2)C1.I. The van der Waals surface area contributed by atoms with E-state index >= 15 is 0 Å². The summed E-state index contributed by atoms with van der Waals surface area (Å²) in [7, 11) is 1.68. The maximum atomic E-state index is 5.59. The first kappa shape index (κ1) is 21.1. The number of hydrogen-bond donors (Lipinski definition) is 1. The number of benzene rings is 1. The van der Waals surface area contributed by atoms with E-state index in [1.807, 2.05) is 19.1 Å². The molecule has 146 valence electrons. The molecule has 1 heterocycles. The summed E-state index contributed by atoms with van der Waals surface area (Å²) >= 11 is 0. The first-order valence-electron chi connectivity index (χ1n) is 9.52. The highest BCUT2D eigenvalue weighted by Crippen LogP contribution is 2.47. The van der Waals surface area contributed by atoms with Crippen LogP contribution in [0.4, 0.5) is 0 Å². The van der Waals surface area contributed by atoms with Gasteiger partial charge in [0.25, 0.3) is 0 Å². The van der Waals surface area contributed by atoms with E-state index in [4.69, 9.17) is 14.5 Å². The first-order valence-corrected chi connectivity index (χ1v) is 9.52. The first-order chi connectivity index (χ1) is 12.2. The highest BCUT2D eigenvalue weighted by molar-refractivity contribution is 14.0. The Balaban J connectivity index is 0.00000243. The summed E-state index contributed by atoms with van der Waals surface area (Å²) in [5, 5.41) is 3.46. The summed E-state index contributed by atoms with van der Waals surface area (Å²) in [5.74, 6) is 2.60. The van der Waals surface area contributed by atoms with Crippen LogP contribution < -0.4 is 14.8 Å². The molecule has 1 spiro atoms. The van der Waals surface area contributed by atoms with Crippen LogP contribution in [0.2, 0.25) is 0 Å². The Morgan fingerprint density at radius 3 is 2.62 bits per heavy atom. The molecule has 0 bridgehead atoms. The van der Waals surface area contributed by atoms with E-state index < -0.39 is 0 Å². The topological polar surface area (TPSA) is 46.1 Å². The maximum Gasteiger partial charge on any atom is 0.194 e. The van der Waals surface area contributed by atoms with Crippen molar-refractivity contribution in [1.29, 1.82) is 0 Å². The highest BCUT2D eigenvalue weighted by atomic mass is 127. The summed E-state index contributed by atoms with van der Waals surface area (Å²) in [4.78, 5) is 7.31. The number of halogens is 1. The second-order valence-electron chi connectivity index (χ2n) is 7.11. The average molecular weight is 473 g/mol. The van der Waals surface area contributed by atoms with Gasteiger partial charge in [0.1, 0.15) is 0 Å². The molecular weight excluding hydrogens is 441 g/mol. The van der Waals surface area contributed by atoms with E-state index in [0.29, 0.717) is 18.6 Å². The number of aliphatic imine (C=N–C) groups is 1. The maximum absolute atomic E-state index is 5.59. The predicted octanol–water partition coefficient (Wildman–Crippen LogP) is 4.05. The van der Waals surface area contributed by atoms with E-state index in [9.17, 15) is 0 Å². The van der Waals surface area contributed by atoms with Crippen LogP contribution in [0.3, 0.4) is 0 Å². The molecule has 0 unspecified atom stereocenters. The van der Waals surface area contributed by atoms with Crippen LogP contribution in [0.1, 0.15) is 45.1 Å². The van der Waals surface area contributed by atoms with Gasteiger partial charge in [-0.25, -0.2) is 4.99 Å². The summed E-state index contributed by atoms with van der Waals surface area (Å²) < 4.78 is 11.0. The molecule has 1 aromatic carbocycles. The molecule has 1 saturated heterocycles. The smallest absolute Gasteiger partial charge is 0.194 e. The molecule has 1 aliphatic heterocycles. The van der Waals surface area contributed by atoms with Gasteiger partial charge >= 0.3 is 0 Å². The molecule has 2 fully saturated rings. The van der Waals surface area contributed by atoms with Crippen molar-refractivity contribution >= 4 is 29.9 Å². The third-order valence-corrected chi connectivity index (χ3v) is 5.43. The summed E-state index contributed by atoms with van der Waals surface area (Å²) in [6.45, 7) is 8.57. The zero-order chi connectivity index (χ0) is 17.7. The molecule has 3 rings (SSSR count). The Morgan fingerprint density at radius 2 is 2.04 bits per heavy atom. The van der Waals surface area contributed by atoms with Crippen LogP contribution in [0.5, 0.6) is 11.5 Å². The fourth-order valence-corrected chi connectivity index (χ4v) is 3.88. The van der Waals surface area contributed by atoms with Crippen molar-refractivity contribution in [3.05, 3.63) is 23.8 Å². The van der Waals surface area contributed by atoms with Gasteiger partial charge in [-0.05, 0) is 56.2 Å². The van der Waals surface area contributed by atoms with Gasteiger partial charge in [-0.15, -0.1) is 24.0 Å². The lowest BCUT2D eigenvalue weighted by atomic mass is 9.68. The molecular formula is C20H32IN3O2. The fraction of sp³-hybridized carbons (Fsp3) is 0.650. The minimum absolute atomic E-state index is 0. The standard InChI is InChI=1S/C20H31N3O2.HI/c1-4-21-19(23-12-11-20(15-23)9-6-10-20)22-14-16-7-8-17(25-5-2)18(13-16)24-3;/h7-8,13H,4-6,9-12,14-15H2,1-3H3,(H,21,22);1H. The van der Waals surface area contributed by atoms with Crippen molar-refractivity contribution in [3.63, 3.8) is 0 Å². The normalized spacial score (nSPS) is 18.3. The number of guanidine groups is 1. The lowest BCUT2D eigenvalue weighted by Crippen LogP contribution is -2.42. The van der Waals surface area contributed by atoms with Crippen LogP contribution in [-0.2, 0) is 6.54 Å². The lowest BCUT2D eigenvalue weighted by Gasteiger charge is -2.38. The van der Waals surface area contributed by atoms with Crippen LogP contribution in [0, 0.1) is 5.41 Å². The van der Waals surface area contributed by atoms with Crippen LogP contribution in [-0.4, -0.2) is 44.2 Å². The minimum Gasteiger partial charge on any atom is -0.493 e. The molecule has 1 N–H and O–H groups in total. The third-order valence-electron chi connectivity index (χ3n) is 5.43. The number of nitrogens with one attached hydrogen (secondary N) is 1. The lowest BCUT2D eigenvalue weighted by molar-refractivity contribution is 0.151. The predicted molar refractivity (Wildman–Crippen MR) is 117 cm³/mol. The summed E-state index contributed by atoms with van der Waals surface area (Å²) in [6.07, 6.45) is 5.49. The molecule has 0 radical (unpaired) electrons. The number of hydrogen-bond acceptors (Lipinski definition) is 3. The Hall–Kier alpha value is -1.18. The van der Waals surface area contributed by atoms with Gasteiger partial charge in [0.2, 0.25) is 0 Å². The molecule has 5 nitrogen and oxygen atoms in total. The van der Waals surface area contributed by atoms with Gasteiger partial charge in [-0.3, -0.25) is 0 Å².